The number of hydrogen-bond acceptors (Lipinski definition) is 2. The van der Waals surface area contributed by atoms with Crippen LogP contribution in [0, 0.1) is 16.7 Å². The molecule has 1 unspecified atom stereocenters. The summed E-state index contributed by atoms with van der Waals surface area (Å²) in [5.74, 6) is 1.48. The van der Waals surface area contributed by atoms with E-state index in [9.17, 15) is 4.79 Å². The molecule has 16 heavy (non-hydrogen) atoms. The molecule has 0 amide bonds. The van der Waals surface area contributed by atoms with Crippen LogP contribution in [0.25, 0.3) is 0 Å². The molecular formula is C14H24O2. The van der Waals surface area contributed by atoms with Gasteiger partial charge in [-0.15, -0.1) is 0 Å². The van der Waals surface area contributed by atoms with Crippen LogP contribution >= 0.6 is 0 Å². The van der Waals surface area contributed by atoms with Crippen molar-refractivity contribution >= 4 is 5.78 Å². The zero-order chi connectivity index (χ0) is 12.6. The van der Waals surface area contributed by atoms with Crippen molar-refractivity contribution < 1.29 is 9.53 Å². The highest BCUT2D eigenvalue weighted by molar-refractivity contribution is 5.86. The molecule has 2 nitrogen and oxygen atoms in total. The Morgan fingerprint density at radius 3 is 2.50 bits per heavy atom. The van der Waals surface area contributed by atoms with Crippen molar-refractivity contribution in [2.75, 3.05) is 6.61 Å². The number of ether oxygens (including phenoxy) is 1. The fourth-order valence-electron chi connectivity index (χ4n) is 2.59. The monoisotopic (exact) mass is 224 g/mol. The van der Waals surface area contributed by atoms with Gasteiger partial charge in [0.25, 0.3) is 0 Å². The Labute approximate surface area is 99.1 Å². The van der Waals surface area contributed by atoms with Gasteiger partial charge in [-0.1, -0.05) is 34.3 Å². The lowest BCUT2D eigenvalue weighted by Crippen LogP contribution is -2.49. The third-order valence-electron chi connectivity index (χ3n) is 4.56. The van der Waals surface area contributed by atoms with E-state index in [0.717, 1.165) is 12.2 Å². The number of carbonyl (C=O) groups excluding carboxylic acids is 1. The zero-order valence-electron chi connectivity index (χ0n) is 11.2. The molecule has 1 atom stereocenters. The number of carbonyl (C=O) groups is 1. The van der Waals surface area contributed by atoms with Gasteiger partial charge in [0.2, 0.25) is 0 Å². The summed E-state index contributed by atoms with van der Waals surface area (Å²) in [7, 11) is 0. The third kappa shape index (κ3) is 1.90. The highest BCUT2D eigenvalue weighted by Crippen LogP contribution is 2.53. The predicted octanol–water partition coefficient (Wildman–Crippen LogP) is 3.57. The molecule has 0 aromatic heterocycles. The molecule has 1 rings (SSSR count). The van der Waals surface area contributed by atoms with Crippen molar-refractivity contribution in [1.82, 2.24) is 0 Å². The van der Waals surface area contributed by atoms with Gasteiger partial charge in [-0.25, -0.2) is 0 Å². The summed E-state index contributed by atoms with van der Waals surface area (Å²) >= 11 is 0. The molecule has 0 N–H and O–H groups in total. The topological polar surface area (TPSA) is 26.3 Å². The van der Waals surface area contributed by atoms with Crippen LogP contribution in [0.3, 0.4) is 0 Å². The molecule has 0 aromatic rings. The molecule has 0 aromatic carbocycles. The number of rotatable bonds is 3. The van der Waals surface area contributed by atoms with Crippen LogP contribution in [-0.4, -0.2) is 12.4 Å². The van der Waals surface area contributed by atoms with E-state index in [-0.39, 0.29) is 16.7 Å². The van der Waals surface area contributed by atoms with E-state index < -0.39 is 0 Å². The van der Waals surface area contributed by atoms with Crippen LogP contribution in [-0.2, 0) is 9.53 Å². The molecule has 0 saturated heterocycles. The molecule has 1 fully saturated rings. The molecule has 1 aliphatic rings. The van der Waals surface area contributed by atoms with Crippen LogP contribution in [0.4, 0.5) is 0 Å². The maximum absolute atomic E-state index is 12.0. The van der Waals surface area contributed by atoms with Gasteiger partial charge in [-0.3, -0.25) is 4.79 Å². The number of Topliss-reactive ketones (excluding diaryl/α,β-unsaturated/α-hetero) is 1. The molecule has 0 spiro atoms. The zero-order valence-corrected chi connectivity index (χ0v) is 11.2. The van der Waals surface area contributed by atoms with E-state index in [1.165, 1.54) is 0 Å². The quantitative estimate of drug-likeness (QED) is 0.685. The lowest BCUT2D eigenvalue weighted by atomic mass is 9.54. The minimum Gasteiger partial charge on any atom is -0.499 e. The van der Waals surface area contributed by atoms with E-state index in [2.05, 4.69) is 20.4 Å². The van der Waals surface area contributed by atoms with E-state index in [1.807, 2.05) is 20.8 Å². The first kappa shape index (κ1) is 13.3. The van der Waals surface area contributed by atoms with Crippen molar-refractivity contribution in [3.8, 4) is 0 Å². The lowest BCUT2D eigenvalue weighted by molar-refractivity contribution is -0.141. The van der Waals surface area contributed by atoms with Crippen LogP contribution < -0.4 is 0 Å². The minimum atomic E-state index is -0.296. The largest absolute Gasteiger partial charge is 0.499 e. The Hall–Kier alpha value is -0.790. The number of allylic oxidation sites excluding steroid dienone is 1. The van der Waals surface area contributed by atoms with E-state index in [1.54, 1.807) is 0 Å². The van der Waals surface area contributed by atoms with Crippen molar-refractivity contribution in [2.45, 2.75) is 47.5 Å². The molecular weight excluding hydrogens is 200 g/mol. The maximum atomic E-state index is 12.0. The lowest BCUT2D eigenvalue weighted by Gasteiger charge is -2.50. The summed E-state index contributed by atoms with van der Waals surface area (Å²) < 4.78 is 5.54. The van der Waals surface area contributed by atoms with Gasteiger partial charge in [-0.2, -0.15) is 0 Å². The summed E-state index contributed by atoms with van der Waals surface area (Å²) in [6.07, 6.45) is 1.52. The first-order chi connectivity index (χ1) is 7.25. The van der Waals surface area contributed by atoms with Gasteiger partial charge in [0.15, 0.2) is 0 Å². The number of hydrogen-bond donors (Lipinski definition) is 0. The minimum absolute atomic E-state index is 0.0887. The van der Waals surface area contributed by atoms with Crippen molar-refractivity contribution in [3.05, 3.63) is 12.3 Å². The Bertz CT molecular complexity index is 300. The average Bonchev–Trinajstić information content (AvgIpc) is 2.15. The maximum Gasteiger partial charge on any atom is 0.139 e. The second kappa shape index (κ2) is 4.23. The standard InChI is InChI=1S/C14H24O2/c1-7-16-10(2)11-8-9-12(15)14(5,6)13(11,3)4/h11H,2,7-9H2,1,3-6H3. The summed E-state index contributed by atoms with van der Waals surface area (Å²) in [6.45, 7) is 15.0. The molecule has 0 bridgehead atoms. The third-order valence-corrected chi connectivity index (χ3v) is 4.56. The molecule has 0 radical (unpaired) electrons. The highest BCUT2D eigenvalue weighted by atomic mass is 16.5. The summed E-state index contributed by atoms with van der Waals surface area (Å²) in [4.78, 5) is 12.0. The van der Waals surface area contributed by atoms with Gasteiger partial charge in [0, 0.05) is 17.8 Å². The second-order valence-electron chi connectivity index (χ2n) is 5.76. The smallest absolute Gasteiger partial charge is 0.139 e. The summed E-state index contributed by atoms with van der Waals surface area (Å²) in [5.41, 5.74) is -0.384. The van der Waals surface area contributed by atoms with Crippen LogP contribution in [0.2, 0.25) is 0 Å². The molecule has 2 heteroatoms. The van der Waals surface area contributed by atoms with Crippen molar-refractivity contribution in [2.24, 2.45) is 16.7 Å². The average molecular weight is 224 g/mol. The predicted molar refractivity (Wildman–Crippen MR) is 66.1 cm³/mol. The Balaban J connectivity index is 2.98. The normalized spacial score (nSPS) is 27.6. The van der Waals surface area contributed by atoms with Crippen molar-refractivity contribution in [3.63, 3.8) is 0 Å². The molecule has 92 valence electrons. The first-order valence-corrected chi connectivity index (χ1v) is 6.10. The van der Waals surface area contributed by atoms with Gasteiger partial charge >= 0.3 is 0 Å². The van der Waals surface area contributed by atoms with Gasteiger partial charge < -0.3 is 4.74 Å². The van der Waals surface area contributed by atoms with Gasteiger partial charge in [0.05, 0.1) is 12.4 Å². The first-order valence-electron chi connectivity index (χ1n) is 6.10. The Morgan fingerprint density at radius 1 is 1.44 bits per heavy atom. The van der Waals surface area contributed by atoms with Gasteiger partial charge in [0.1, 0.15) is 5.78 Å². The van der Waals surface area contributed by atoms with E-state index >= 15 is 0 Å². The molecule has 0 aliphatic heterocycles. The van der Waals surface area contributed by atoms with Crippen LogP contribution in [0.15, 0.2) is 12.3 Å². The highest BCUT2D eigenvalue weighted by Gasteiger charge is 2.51. The molecule has 0 heterocycles. The van der Waals surface area contributed by atoms with Crippen LogP contribution in [0.1, 0.15) is 47.5 Å². The SMILES string of the molecule is C=C(OCC)C1CCC(=O)C(C)(C)C1(C)C. The molecule has 1 aliphatic carbocycles. The fourth-order valence-corrected chi connectivity index (χ4v) is 2.59. The van der Waals surface area contributed by atoms with Crippen LogP contribution in [0.5, 0.6) is 0 Å². The van der Waals surface area contributed by atoms with E-state index in [4.69, 9.17) is 4.74 Å². The molecule has 1 saturated carbocycles. The second-order valence-corrected chi connectivity index (χ2v) is 5.76. The van der Waals surface area contributed by atoms with Crippen molar-refractivity contribution in [1.29, 1.82) is 0 Å². The fraction of sp³-hybridized carbons (Fsp3) is 0.786. The Morgan fingerprint density at radius 2 is 2.00 bits per heavy atom. The summed E-state index contributed by atoms with van der Waals surface area (Å²) in [5, 5.41) is 0. The summed E-state index contributed by atoms with van der Waals surface area (Å²) in [6, 6.07) is 0. The van der Waals surface area contributed by atoms with E-state index in [0.29, 0.717) is 18.8 Å². The number of ketones is 1. The Kier molecular flexibility index (Phi) is 3.51. The van der Waals surface area contributed by atoms with Gasteiger partial charge in [-0.05, 0) is 18.8 Å².